The van der Waals surface area contributed by atoms with Crippen molar-refractivity contribution in [3.63, 3.8) is 0 Å². The molecule has 122 valence electrons. The molecule has 0 aliphatic carbocycles. The van der Waals surface area contributed by atoms with Gasteiger partial charge in [-0.15, -0.1) is 0 Å². The van der Waals surface area contributed by atoms with E-state index in [9.17, 15) is 14.4 Å². The van der Waals surface area contributed by atoms with E-state index in [0.29, 0.717) is 17.1 Å². The number of carboxylic acid groups (broad SMARTS) is 1. The minimum Gasteiger partial charge on any atom is -0.496 e. The first kappa shape index (κ1) is 16.6. The number of amidine groups is 1. The van der Waals surface area contributed by atoms with Gasteiger partial charge < -0.3 is 14.6 Å². The summed E-state index contributed by atoms with van der Waals surface area (Å²) in [6.45, 7) is 1.60. The lowest BCUT2D eigenvalue weighted by molar-refractivity contribution is -0.143. The molecule has 2 aliphatic rings. The molecule has 2 amide bonds. The predicted molar refractivity (Wildman–Crippen MR) is 78.9 cm³/mol. The first-order chi connectivity index (χ1) is 10.9. The average Bonchev–Trinajstić information content (AvgIpc) is 3.11. The summed E-state index contributed by atoms with van der Waals surface area (Å²) in [5.74, 6) is -1.27. The number of carbonyl (C=O) groups is 3. The Bertz CT molecular complexity index is 699. The SMILES string of the molecule is CCC(=O)O.COc1ccccc1C1(OC)C2=NC(=O)C(=O)N21. The minimum atomic E-state index is -1.07. The van der Waals surface area contributed by atoms with Gasteiger partial charge >= 0.3 is 17.8 Å². The molecule has 1 unspecified atom stereocenters. The van der Waals surface area contributed by atoms with Gasteiger partial charge in [-0.25, -0.2) is 4.90 Å². The van der Waals surface area contributed by atoms with E-state index in [0.717, 1.165) is 0 Å². The first-order valence-corrected chi connectivity index (χ1v) is 6.82. The maximum Gasteiger partial charge on any atom is 0.337 e. The van der Waals surface area contributed by atoms with Crippen LogP contribution in [0.1, 0.15) is 18.9 Å². The molecule has 1 fully saturated rings. The third-order valence-corrected chi connectivity index (χ3v) is 3.44. The number of hydrogen-bond donors (Lipinski definition) is 1. The maximum absolute atomic E-state index is 11.6. The highest BCUT2D eigenvalue weighted by molar-refractivity contribution is 6.49. The second-order valence-electron chi connectivity index (χ2n) is 4.68. The second-order valence-corrected chi connectivity index (χ2v) is 4.68. The second kappa shape index (κ2) is 6.17. The van der Waals surface area contributed by atoms with E-state index in [4.69, 9.17) is 14.6 Å². The van der Waals surface area contributed by atoms with Gasteiger partial charge in [-0.05, 0) is 12.1 Å². The average molecular weight is 320 g/mol. The summed E-state index contributed by atoms with van der Waals surface area (Å²) >= 11 is 0. The van der Waals surface area contributed by atoms with Crippen LogP contribution in [0, 0.1) is 0 Å². The van der Waals surface area contributed by atoms with Crippen LogP contribution in [0.2, 0.25) is 0 Å². The standard InChI is InChI=1S/C12H10N2O4.C3H6O2/c1-17-8-6-4-3-5-7(8)12(18-2)11-13-9(15)10(16)14(11)12;1-2-3(4)5/h3-6H,1-2H3;2H2,1H3,(H,4,5). The number of amides is 2. The van der Waals surface area contributed by atoms with Crippen molar-refractivity contribution in [2.24, 2.45) is 4.99 Å². The molecule has 3 rings (SSSR count). The number of aliphatic imine (C=N–C) groups is 1. The molecule has 2 heterocycles. The molecule has 0 saturated carbocycles. The molecule has 1 aromatic rings. The summed E-state index contributed by atoms with van der Waals surface area (Å²) in [5, 5.41) is 7.72. The van der Waals surface area contributed by atoms with E-state index < -0.39 is 23.5 Å². The number of carboxylic acids is 1. The lowest BCUT2D eigenvalue weighted by Crippen LogP contribution is -2.28. The number of fused-ring (bicyclic) bond motifs is 1. The van der Waals surface area contributed by atoms with Crippen LogP contribution in [-0.2, 0) is 24.8 Å². The zero-order valence-electron chi connectivity index (χ0n) is 12.9. The quantitative estimate of drug-likeness (QED) is 0.648. The number of benzene rings is 1. The van der Waals surface area contributed by atoms with Gasteiger partial charge in [0, 0.05) is 13.5 Å². The van der Waals surface area contributed by atoms with Crippen LogP contribution in [0.25, 0.3) is 0 Å². The highest BCUT2D eigenvalue weighted by Crippen LogP contribution is 2.51. The summed E-state index contributed by atoms with van der Waals surface area (Å²) in [6, 6.07) is 7.16. The van der Waals surface area contributed by atoms with Gasteiger partial charge in [0.15, 0.2) is 5.84 Å². The van der Waals surface area contributed by atoms with E-state index in [1.165, 1.54) is 19.1 Å². The van der Waals surface area contributed by atoms with Gasteiger partial charge in [0.25, 0.3) is 0 Å². The van der Waals surface area contributed by atoms with Gasteiger partial charge in [0.05, 0.1) is 12.7 Å². The zero-order valence-corrected chi connectivity index (χ0v) is 12.9. The van der Waals surface area contributed by atoms with Crippen LogP contribution in [0.5, 0.6) is 5.75 Å². The number of carbonyl (C=O) groups excluding carboxylic acids is 2. The third-order valence-electron chi connectivity index (χ3n) is 3.44. The zero-order chi connectivity index (χ0) is 17.2. The number of methoxy groups -OCH3 is 2. The Morgan fingerprint density at radius 1 is 1.30 bits per heavy atom. The van der Waals surface area contributed by atoms with Crippen LogP contribution in [0.15, 0.2) is 29.3 Å². The predicted octanol–water partition coefficient (Wildman–Crippen LogP) is 0.756. The van der Waals surface area contributed by atoms with Crippen LogP contribution < -0.4 is 4.74 Å². The van der Waals surface area contributed by atoms with Crippen molar-refractivity contribution in [3.8, 4) is 5.75 Å². The Hall–Kier alpha value is -2.74. The summed E-state index contributed by atoms with van der Waals surface area (Å²) in [4.78, 5) is 37.1. The molecule has 0 radical (unpaired) electrons. The van der Waals surface area contributed by atoms with Gasteiger partial charge in [0.1, 0.15) is 5.75 Å². The molecule has 8 heteroatoms. The number of hydrogen-bond acceptors (Lipinski definition) is 5. The molecular formula is C15H16N2O6. The third kappa shape index (κ3) is 2.57. The molecule has 23 heavy (non-hydrogen) atoms. The Balaban J connectivity index is 0.000000338. The summed E-state index contributed by atoms with van der Waals surface area (Å²) in [7, 11) is 3.00. The number of ether oxygens (including phenoxy) is 2. The van der Waals surface area contributed by atoms with Crippen molar-refractivity contribution in [2.75, 3.05) is 14.2 Å². The minimum absolute atomic E-state index is 0.222. The van der Waals surface area contributed by atoms with Gasteiger partial charge in [-0.2, -0.15) is 4.99 Å². The largest absolute Gasteiger partial charge is 0.496 e. The first-order valence-electron chi connectivity index (χ1n) is 6.82. The van der Waals surface area contributed by atoms with E-state index in [1.54, 1.807) is 25.1 Å². The number of aliphatic carboxylic acids is 1. The smallest absolute Gasteiger partial charge is 0.337 e. The van der Waals surface area contributed by atoms with Gasteiger partial charge in [-0.3, -0.25) is 14.4 Å². The molecule has 2 aliphatic heterocycles. The molecule has 1 N–H and O–H groups in total. The summed E-state index contributed by atoms with van der Waals surface area (Å²) < 4.78 is 10.6. The van der Waals surface area contributed by atoms with E-state index in [1.807, 2.05) is 6.07 Å². The van der Waals surface area contributed by atoms with Crippen molar-refractivity contribution in [1.29, 1.82) is 0 Å². The van der Waals surface area contributed by atoms with Crippen molar-refractivity contribution < 1.29 is 29.0 Å². The fourth-order valence-corrected chi connectivity index (χ4v) is 2.28. The van der Waals surface area contributed by atoms with Gasteiger partial charge in [-0.1, -0.05) is 19.1 Å². The van der Waals surface area contributed by atoms with Crippen molar-refractivity contribution >= 4 is 23.6 Å². The van der Waals surface area contributed by atoms with Crippen LogP contribution >= 0.6 is 0 Å². The Kier molecular flexibility index (Phi) is 4.46. The number of para-hydroxylation sites is 1. The Morgan fingerprint density at radius 3 is 2.35 bits per heavy atom. The Morgan fingerprint density at radius 2 is 1.91 bits per heavy atom. The van der Waals surface area contributed by atoms with Crippen LogP contribution in [-0.4, -0.2) is 47.8 Å². The van der Waals surface area contributed by atoms with Crippen molar-refractivity contribution in [2.45, 2.75) is 19.1 Å². The van der Waals surface area contributed by atoms with Gasteiger partial charge in [0.2, 0.25) is 5.72 Å². The molecule has 1 aromatic carbocycles. The molecule has 0 spiro atoms. The van der Waals surface area contributed by atoms with E-state index >= 15 is 0 Å². The highest BCUT2D eigenvalue weighted by Gasteiger charge is 2.71. The molecule has 0 aromatic heterocycles. The number of rotatable bonds is 4. The lowest BCUT2D eigenvalue weighted by atomic mass is 10.1. The van der Waals surface area contributed by atoms with Crippen molar-refractivity contribution in [1.82, 2.24) is 4.90 Å². The lowest BCUT2D eigenvalue weighted by Gasteiger charge is -2.17. The molecule has 0 bridgehead atoms. The highest BCUT2D eigenvalue weighted by atomic mass is 16.5. The molecule has 1 atom stereocenters. The summed E-state index contributed by atoms with van der Waals surface area (Å²) in [5.41, 5.74) is -0.410. The number of nitrogens with zero attached hydrogens (tertiary/aromatic N) is 2. The summed E-state index contributed by atoms with van der Waals surface area (Å²) in [6.07, 6.45) is 0.222. The van der Waals surface area contributed by atoms with E-state index in [-0.39, 0.29) is 6.42 Å². The molecule has 8 nitrogen and oxygen atoms in total. The topological polar surface area (TPSA) is 105 Å². The Labute approximate surface area is 132 Å². The van der Waals surface area contributed by atoms with Crippen molar-refractivity contribution in [3.05, 3.63) is 29.8 Å². The fourth-order valence-electron chi connectivity index (χ4n) is 2.28. The molecular weight excluding hydrogens is 304 g/mol. The molecule has 1 saturated heterocycles. The normalized spacial score (nSPS) is 21.2. The van der Waals surface area contributed by atoms with Crippen LogP contribution in [0.3, 0.4) is 0 Å². The fraction of sp³-hybridized carbons (Fsp3) is 0.333. The van der Waals surface area contributed by atoms with Crippen LogP contribution in [0.4, 0.5) is 0 Å². The van der Waals surface area contributed by atoms with E-state index in [2.05, 4.69) is 4.99 Å². The maximum atomic E-state index is 11.6. The monoisotopic (exact) mass is 320 g/mol.